The summed E-state index contributed by atoms with van der Waals surface area (Å²) >= 11 is 3.50. The molecule has 94 valence electrons. The molecule has 1 aromatic carbocycles. The second-order valence-electron chi connectivity index (χ2n) is 4.20. The summed E-state index contributed by atoms with van der Waals surface area (Å²) in [5.74, 6) is 0.829. The molecule has 1 saturated heterocycles. The summed E-state index contributed by atoms with van der Waals surface area (Å²) in [6.45, 7) is 0. The van der Waals surface area contributed by atoms with Crippen LogP contribution in [0.15, 0.2) is 47.0 Å². The number of allylic oxidation sites excluding steroid dienone is 2. The second-order valence-corrected chi connectivity index (χ2v) is 5.11. The molecule has 3 nitrogen and oxygen atoms in total. The van der Waals surface area contributed by atoms with E-state index in [-0.39, 0.29) is 18.5 Å². The van der Waals surface area contributed by atoms with Crippen LogP contribution in [0.3, 0.4) is 0 Å². The lowest BCUT2D eigenvalue weighted by Gasteiger charge is -2.15. The first-order valence-corrected chi connectivity index (χ1v) is 6.56. The molecule has 0 aromatic heterocycles. The molecule has 3 rings (SSSR count). The minimum absolute atomic E-state index is 0.0172. The highest BCUT2D eigenvalue weighted by atomic mass is 79.9. The van der Waals surface area contributed by atoms with Crippen LogP contribution in [0, 0.1) is 0 Å². The fourth-order valence-electron chi connectivity index (χ4n) is 2.09. The lowest BCUT2D eigenvalue weighted by atomic mass is 10.1. The smallest absolute Gasteiger partial charge is 0.185 e. The Balaban J connectivity index is 1.79. The highest BCUT2D eigenvalue weighted by molar-refractivity contribution is 9.11. The van der Waals surface area contributed by atoms with Crippen LogP contribution >= 0.6 is 15.9 Å². The molecule has 1 aromatic rings. The number of halogens is 1. The van der Waals surface area contributed by atoms with E-state index in [0.717, 1.165) is 15.8 Å². The monoisotopic (exact) mass is 308 g/mol. The summed E-state index contributed by atoms with van der Waals surface area (Å²) in [6, 6.07) is 7.74. The Morgan fingerprint density at radius 2 is 1.94 bits per heavy atom. The van der Waals surface area contributed by atoms with Crippen molar-refractivity contribution in [3.8, 4) is 5.75 Å². The minimum Gasteiger partial charge on any atom is -0.497 e. The van der Waals surface area contributed by atoms with Crippen molar-refractivity contribution in [1.82, 2.24) is 0 Å². The molecule has 1 aliphatic carbocycles. The molecule has 0 unspecified atom stereocenters. The molecule has 3 atom stereocenters. The largest absolute Gasteiger partial charge is 0.497 e. The SMILES string of the molecule is COc1ccc([C@H]2O[C@H]3C=CC=C(Br)[C@H]3O2)cc1. The molecule has 2 aliphatic rings. The summed E-state index contributed by atoms with van der Waals surface area (Å²) in [4.78, 5) is 0. The van der Waals surface area contributed by atoms with Crippen LogP contribution in [0.4, 0.5) is 0 Å². The number of benzene rings is 1. The third-order valence-corrected chi connectivity index (χ3v) is 3.78. The van der Waals surface area contributed by atoms with Crippen molar-refractivity contribution in [2.75, 3.05) is 7.11 Å². The van der Waals surface area contributed by atoms with Crippen LogP contribution in [0.25, 0.3) is 0 Å². The van der Waals surface area contributed by atoms with Gasteiger partial charge in [-0.25, -0.2) is 0 Å². The van der Waals surface area contributed by atoms with E-state index >= 15 is 0 Å². The van der Waals surface area contributed by atoms with Gasteiger partial charge < -0.3 is 14.2 Å². The van der Waals surface area contributed by atoms with Gasteiger partial charge in [0.2, 0.25) is 0 Å². The molecule has 4 heteroatoms. The van der Waals surface area contributed by atoms with Crippen molar-refractivity contribution >= 4 is 15.9 Å². The van der Waals surface area contributed by atoms with Crippen LogP contribution in [-0.2, 0) is 9.47 Å². The maximum absolute atomic E-state index is 5.91. The summed E-state index contributed by atoms with van der Waals surface area (Å²) in [7, 11) is 1.65. The molecule has 0 amide bonds. The number of methoxy groups -OCH3 is 1. The highest BCUT2D eigenvalue weighted by Gasteiger charge is 2.37. The van der Waals surface area contributed by atoms with Crippen molar-refractivity contribution in [2.24, 2.45) is 0 Å². The van der Waals surface area contributed by atoms with Crippen LogP contribution < -0.4 is 4.74 Å². The van der Waals surface area contributed by atoms with Gasteiger partial charge in [0.25, 0.3) is 0 Å². The third kappa shape index (κ3) is 2.11. The molecule has 1 aliphatic heterocycles. The van der Waals surface area contributed by atoms with E-state index in [2.05, 4.69) is 15.9 Å². The van der Waals surface area contributed by atoms with Crippen LogP contribution in [-0.4, -0.2) is 19.3 Å². The molecule has 0 radical (unpaired) electrons. The number of hydrogen-bond acceptors (Lipinski definition) is 3. The topological polar surface area (TPSA) is 27.7 Å². The van der Waals surface area contributed by atoms with Crippen molar-refractivity contribution in [3.05, 3.63) is 52.5 Å². The van der Waals surface area contributed by atoms with Crippen LogP contribution in [0.1, 0.15) is 11.9 Å². The molecule has 0 saturated carbocycles. The van der Waals surface area contributed by atoms with Gasteiger partial charge in [-0.1, -0.05) is 40.2 Å². The van der Waals surface area contributed by atoms with Crippen LogP contribution in [0.5, 0.6) is 5.75 Å². The Bertz CT molecular complexity index is 492. The molecular weight excluding hydrogens is 296 g/mol. The van der Waals surface area contributed by atoms with Gasteiger partial charge in [0.15, 0.2) is 6.29 Å². The Labute approximate surface area is 114 Å². The van der Waals surface area contributed by atoms with Gasteiger partial charge in [-0.15, -0.1) is 0 Å². The predicted octanol–water partition coefficient (Wildman–Crippen LogP) is 3.33. The van der Waals surface area contributed by atoms with Crippen LogP contribution in [0.2, 0.25) is 0 Å². The molecular formula is C14H13BrO3. The fourth-order valence-corrected chi connectivity index (χ4v) is 2.62. The van der Waals surface area contributed by atoms with Gasteiger partial charge in [0, 0.05) is 10.0 Å². The zero-order valence-electron chi connectivity index (χ0n) is 9.88. The lowest BCUT2D eigenvalue weighted by Crippen LogP contribution is -2.22. The Morgan fingerprint density at radius 1 is 1.17 bits per heavy atom. The third-order valence-electron chi connectivity index (χ3n) is 3.07. The van der Waals surface area contributed by atoms with E-state index in [1.165, 1.54) is 0 Å². The summed E-state index contributed by atoms with van der Waals surface area (Å²) in [5.41, 5.74) is 0.999. The molecule has 0 bridgehead atoms. The molecule has 1 fully saturated rings. The van der Waals surface area contributed by atoms with Crippen molar-refractivity contribution in [3.63, 3.8) is 0 Å². The first-order valence-electron chi connectivity index (χ1n) is 5.76. The average molecular weight is 309 g/mol. The maximum Gasteiger partial charge on any atom is 0.185 e. The number of hydrogen-bond donors (Lipinski definition) is 0. The van der Waals surface area contributed by atoms with E-state index in [1.54, 1.807) is 7.11 Å². The highest BCUT2D eigenvalue weighted by Crippen LogP contribution is 2.38. The molecule has 1 heterocycles. The molecule has 0 N–H and O–H groups in total. The van der Waals surface area contributed by atoms with E-state index in [1.807, 2.05) is 42.5 Å². The zero-order chi connectivity index (χ0) is 12.5. The van der Waals surface area contributed by atoms with Gasteiger partial charge in [-0.2, -0.15) is 0 Å². The maximum atomic E-state index is 5.91. The van der Waals surface area contributed by atoms with E-state index < -0.39 is 0 Å². The lowest BCUT2D eigenvalue weighted by molar-refractivity contribution is -0.0599. The van der Waals surface area contributed by atoms with E-state index in [0.29, 0.717) is 0 Å². The Kier molecular flexibility index (Phi) is 3.24. The van der Waals surface area contributed by atoms with Gasteiger partial charge in [0.05, 0.1) is 7.11 Å². The van der Waals surface area contributed by atoms with Crippen molar-refractivity contribution in [2.45, 2.75) is 18.5 Å². The Hall–Kier alpha value is -1.10. The minimum atomic E-state index is -0.324. The average Bonchev–Trinajstić information content (AvgIpc) is 2.84. The van der Waals surface area contributed by atoms with Gasteiger partial charge in [-0.3, -0.25) is 0 Å². The molecule has 18 heavy (non-hydrogen) atoms. The molecule has 0 spiro atoms. The predicted molar refractivity (Wildman–Crippen MR) is 71.6 cm³/mol. The standard InChI is InChI=1S/C14H13BrO3/c1-16-10-7-5-9(6-8-10)14-17-12-4-2-3-11(15)13(12)18-14/h2-8,12-14H,1H3/t12-,13+,14-/m0/s1. The fraction of sp³-hybridized carbons (Fsp3) is 0.286. The summed E-state index contributed by atoms with van der Waals surface area (Å²) in [6.07, 6.45) is 5.60. The normalized spacial score (nSPS) is 29.9. The zero-order valence-corrected chi connectivity index (χ0v) is 11.5. The summed E-state index contributed by atoms with van der Waals surface area (Å²) < 4.78 is 17.9. The van der Waals surface area contributed by atoms with Gasteiger partial charge in [0.1, 0.15) is 18.0 Å². The van der Waals surface area contributed by atoms with Crippen molar-refractivity contribution < 1.29 is 14.2 Å². The quantitative estimate of drug-likeness (QED) is 0.839. The summed E-state index contributed by atoms with van der Waals surface area (Å²) in [5, 5.41) is 0. The van der Waals surface area contributed by atoms with E-state index in [9.17, 15) is 0 Å². The van der Waals surface area contributed by atoms with Gasteiger partial charge in [-0.05, 0) is 18.2 Å². The second kappa shape index (κ2) is 4.88. The Morgan fingerprint density at radius 3 is 2.61 bits per heavy atom. The first-order chi connectivity index (χ1) is 8.78. The number of rotatable bonds is 2. The van der Waals surface area contributed by atoms with Gasteiger partial charge >= 0.3 is 0 Å². The number of fused-ring (bicyclic) bond motifs is 1. The van der Waals surface area contributed by atoms with Crippen molar-refractivity contribution in [1.29, 1.82) is 0 Å². The van der Waals surface area contributed by atoms with E-state index in [4.69, 9.17) is 14.2 Å². The first kappa shape index (κ1) is 12.0. The number of ether oxygens (including phenoxy) is 3.